The van der Waals surface area contributed by atoms with Crippen molar-refractivity contribution < 1.29 is 24.1 Å². The van der Waals surface area contributed by atoms with Gasteiger partial charge in [0, 0.05) is 50.9 Å². The van der Waals surface area contributed by atoms with Crippen molar-refractivity contribution in [2.45, 2.75) is 33.3 Å². The molecular formula is C17H28O5. The first kappa shape index (κ1) is 18.7. The first-order valence-electron chi connectivity index (χ1n) is 7.96. The van der Waals surface area contributed by atoms with Crippen molar-refractivity contribution in [1.82, 2.24) is 0 Å². The van der Waals surface area contributed by atoms with E-state index in [1.54, 1.807) is 0 Å². The summed E-state index contributed by atoms with van der Waals surface area (Å²) in [5.74, 6) is 1.41. The van der Waals surface area contributed by atoms with Crippen molar-refractivity contribution in [3.05, 3.63) is 23.8 Å². The molecule has 0 aliphatic carbocycles. The third-order valence-electron chi connectivity index (χ3n) is 3.01. The molecule has 0 amide bonds. The topological polar surface area (TPSA) is 57.2 Å². The van der Waals surface area contributed by atoms with Crippen LogP contribution in [-0.4, -0.2) is 44.7 Å². The molecule has 0 atom stereocenters. The third-order valence-corrected chi connectivity index (χ3v) is 3.01. The molecule has 0 aromatic heterocycles. The molecule has 5 nitrogen and oxygen atoms in total. The largest absolute Gasteiger partial charge is 0.493 e. The van der Waals surface area contributed by atoms with Gasteiger partial charge in [0.25, 0.3) is 0 Å². The van der Waals surface area contributed by atoms with Crippen LogP contribution in [-0.2, 0) is 16.1 Å². The molecule has 0 saturated heterocycles. The fraction of sp³-hybridized carbons (Fsp3) is 0.647. The van der Waals surface area contributed by atoms with Gasteiger partial charge in [-0.05, 0) is 26.0 Å². The van der Waals surface area contributed by atoms with Crippen molar-refractivity contribution in [2.24, 2.45) is 0 Å². The summed E-state index contributed by atoms with van der Waals surface area (Å²) in [7, 11) is 0. The van der Waals surface area contributed by atoms with E-state index in [0.717, 1.165) is 30.8 Å². The molecule has 126 valence electrons. The zero-order valence-electron chi connectivity index (χ0n) is 13.7. The van der Waals surface area contributed by atoms with Gasteiger partial charge in [0.2, 0.25) is 0 Å². The number of benzene rings is 1. The minimum Gasteiger partial charge on any atom is -0.493 e. The van der Waals surface area contributed by atoms with Gasteiger partial charge in [-0.25, -0.2) is 0 Å². The summed E-state index contributed by atoms with van der Waals surface area (Å²) in [5, 5.41) is 9.36. The fourth-order valence-corrected chi connectivity index (χ4v) is 1.87. The highest BCUT2D eigenvalue weighted by Crippen LogP contribution is 2.25. The minimum absolute atomic E-state index is 0.0502. The average molecular weight is 312 g/mol. The van der Waals surface area contributed by atoms with Crippen LogP contribution >= 0.6 is 0 Å². The van der Waals surface area contributed by atoms with Crippen LogP contribution in [0.4, 0.5) is 0 Å². The smallest absolute Gasteiger partial charge is 0.128 e. The number of rotatable bonds is 13. The van der Waals surface area contributed by atoms with Crippen LogP contribution in [0.2, 0.25) is 0 Å². The Bertz CT molecular complexity index is 395. The Labute approximate surface area is 133 Å². The van der Waals surface area contributed by atoms with Crippen LogP contribution in [0.5, 0.6) is 11.5 Å². The highest BCUT2D eigenvalue weighted by atomic mass is 16.5. The average Bonchev–Trinajstić information content (AvgIpc) is 2.54. The van der Waals surface area contributed by atoms with Gasteiger partial charge in [0.05, 0.1) is 19.8 Å². The maximum Gasteiger partial charge on any atom is 0.128 e. The second-order valence-corrected chi connectivity index (χ2v) is 4.73. The number of hydrogen-bond acceptors (Lipinski definition) is 5. The van der Waals surface area contributed by atoms with Crippen molar-refractivity contribution in [3.8, 4) is 11.5 Å². The van der Waals surface area contributed by atoms with Gasteiger partial charge in [-0.15, -0.1) is 0 Å². The van der Waals surface area contributed by atoms with E-state index < -0.39 is 0 Å². The molecule has 0 spiro atoms. The van der Waals surface area contributed by atoms with Gasteiger partial charge in [-0.2, -0.15) is 0 Å². The van der Waals surface area contributed by atoms with E-state index in [2.05, 4.69) is 0 Å². The molecule has 0 fully saturated rings. The summed E-state index contributed by atoms with van der Waals surface area (Å²) in [5.41, 5.74) is 0.762. The molecule has 22 heavy (non-hydrogen) atoms. The van der Waals surface area contributed by atoms with Crippen LogP contribution in [0, 0.1) is 0 Å². The molecule has 0 bridgehead atoms. The first-order valence-corrected chi connectivity index (χ1v) is 7.96. The normalized spacial score (nSPS) is 10.7. The Morgan fingerprint density at radius 3 is 2.09 bits per heavy atom. The van der Waals surface area contributed by atoms with Gasteiger partial charge in [0.1, 0.15) is 11.5 Å². The van der Waals surface area contributed by atoms with Crippen LogP contribution in [0.15, 0.2) is 18.2 Å². The van der Waals surface area contributed by atoms with Crippen molar-refractivity contribution in [3.63, 3.8) is 0 Å². The second kappa shape index (κ2) is 12.3. The zero-order valence-corrected chi connectivity index (χ0v) is 13.7. The van der Waals surface area contributed by atoms with Crippen LogP contribution in [0.1, 0.15) is 32.3 Å². The quantitative estimate of drug-likeness (QED) is 0.568. The lowest BCUT2D eigenvalue weighted by atomic mass is 10.2. The maximum absolute atomic E-state index is 9.36. The Hall–Kier alpha value is -1.30. The van der Waals surface area contributed by atoms with Gasteiger partial charge >= 0.3 is 0 Å². The van der Waals surface area contributed by atoms with E-state index in [1.807, 2.05) is 32.0 Å². The first-order chi connectivity index (χ1) is 10.8. The van der Waals surface area contributed by atoms with Crippen molar-refractivity contribution >= 4 is 0 Å². The van der Waals surface area contributed by atoms with E-state index in [0.29, 0.717) is 38.8 Å². The number of ether oxygens (including phenoxy) is 4. The van der Waals surface area contributed by atoms with Gasteiger partial charge in [-0.3, -0.25) is 0 Å². The fourth-order valence-electron chi connectivity index (χ4n) is 1.87. The van der Waals surface area contributed by atoms with E-state index >= 15 is 0 Å². The molecule has 0 radical (unpaired) electrons. The molecule has 0 heterocycles. The second-order valence-electron chi connectivity index (χ2n) is 4.73. The van der Waals surface area contributed by atoms with Gasteiger partial charge in [0.15, 0.2) is 0 Å². The van der Waals surface area contributed by atoms with E-state index in [-0.39, 0.29) is 6.61 Å². The molecule has 0 unspecified atom stereocenters. The summed E-state index contributed by atoms with van der Waals surface area (Å²) in [6.07, 6.45) is 1.66. The Morgan fingerprint density at radius 1 is 0.864 bits per heavy atom. The molecule has 0 saturated carbocycles. The SMILES string of the molecule is CCOCCCOc1ccc(CO)c(OCCCOCC)c1. The summed E-state index contributed by atoms with van der Waals surface area (Å²) in [6, 6.07) is 5.50. The highest BCUT2D eigenvalue weighted by Gasteiger charge is 2.06. The lowest BCUT2D eigenvalue weighted by Gasteiger charge is -2.13. The molecule has 1 aromatic carbocycles. The zero-order chi connectivity index (χ0) is 16.0. The Kier molecular flexibility index (Phi) is 10.5. The van der Waals surface area contributed by atoms with Gasteiger partial charge in [-0.1, -0.05) is 0 Å². The standard InChI is InChI=1S/C17H28O5/c1-3-19-9-5-11-21-16-8-7-15(14-18)17(13-16)22-12-6-10-20-4-2/h7-8,13,18H,3-6,9-12,14H2,1-2H3. The predicted molar refractivity (Wildman–Crippen MR) is 85.6 cm³/mol. The number of aliphatic hydroxyl groups excluding tert-OH is 1. The van der Waals surface area contributed by atoms with Crippen LogP contribution in [0.3, 0.4) is 0 Å². The summed E-state index contributed by atoms with van der Waals surface area (Å²) < 4.78 is 21.9. The molecule has 5 heteroatoms. The van der Waals surface area contributed by atoms with E-state index in [4.69, 9.17) is 18.9 Å². The summed E-state index contributed by atoms with van der Waals surface area (Å²) in [4.78, 5) is 0. The van der Waals surface area contributed by atoms with E-state index in [9.17, 15) is 5.11 Å². The van der Waals surface area contributed by atoms with Crippen molar-refractivity contribution in [1.29, 1.82) is 0 Å². The number of hydrogen-bond donors (Lipinski definition) is 1. The lowest BCUT2D eigenvalue weighted by molar-refractivity contribution is 0.129. The maximum atomic E-state index is 9.36. The number of aliphatic hydroxyl groups is 1. The lowest BCUT2D eigenvalue weighted by Crippen LogP contribution is -2.06. The third kappa shape index (κ3) is 7.64. The molecule has 1 rings (SSSR count). The minimum atomic E-state index is -0.0502. The predicted octanol–water partition coefficient (Wildman–Crippen LogP) is 2.79. The molecule has 1 N–H and O–H groups in total. The summed E-state index contributed by atoms with van der Waals surface area (Å²) >= 11 is 0. The molecule has 0 aliphatic heterocycles. The molecular weight excluding hydrogens is 284 g/mol. The van der Waals surface area contributed by atoms with Crippen LogP contribution < -0.4 is 9.47 Å². The summed E-state index contributed by atoms with van der Waals surface area (Å²) in [6.45, 7) is 7.87. The Balaban J connectivity index is 2.42. The van der Waals surface area contributed by atoms with Crippen molar-refractivity contribution in [2.75, 3.05) is 39.6 Å². The van der Waals surface area contributed by atoms with E-state index in [1.165, 1.54) is 0 Å². The monoisotopic (exact) mass is 312 g/mol. The molecule has 1 aromatic rings. The Morgan fingerprint density at radius 2 is 1.50 bits per heavy atom. The van der Waals surface area contributed by atoms with Crippen LogP contribution in [0.25, 0.3) is 0 Å². The molecule has 0 aliphatic rings. The van der Waals surface area contributed by atoms with Gasteiger partial charge < -0.3 is 24.1 Å². The highest BCUT2D eigenvalue weighted by molar-refractivity contribution is 5.40.